The summed E-state index contributed by atoms with van der Waals surface area (Å²) < 4.78 is 0. The monoisotopic (exact) mass is 239 g/mol. The molecule has 16 heavy (non-hydrogen) atoms. The molecule has 0 bridgehead atoms. The Morgan fingerprint density at radius 3 is 3.00 bits per heavy atom. The van der Waals surface area contributed by atoms with E-state index in [1.54, 1.807) is 12.4 Å². The highest BCUT2D eigenvalue weighted by Crippen LogP contribution is 2.17. The van der Waals surface area contributed by atoms with Gasteiger partial charge in [0.2, 0.25) is 0 Å². The highest BCUT2D eigenvalue weighted by molar-refractivity contribution is 8.02. The Hall–Kier alpha value is -1.56. The standard InChI is InChI=1S/C10H13N3O2S/c1-12(10(16-2)8-13(14)15)7-9-4-3-5-11-6-9/h3-6,8H,7H2,1-2H3/b10-8+. The van der Waals surface area contributed by atoms with Crippen molar-refractivity contribution in [3.8, 4) is 0 Å². The summed E-state index contributed by atoms with van der Waals surface area (Å²) in [7, 11) is 1.82. The van der Waals surface area contributed by atoms with Gasteiger partial charge >= 0.3 is 0 Å². The van der Waals surface area contributed by atoms with Crippen molar-refractivity contribution in [2.45, 2.75) is 6.54 Å². The van der Waals surface area contributed by atoms with Crippen molar-refractivity contribution in [2.24, 2.45) is 0 Å². The van der Waals surface area contributed by atoms with Crippen LogP contribution in [0.3, 0.4) is 0 Å². The van der Waals surface area contributed by atoms with Gasteiger partial charge in [-0.15, -0.1) is 11.8 Å². The summed E-state index contributed by atoms with van der Waals surface area (Å²) in [6.45, 7) is 0.606. The lowest BCUT2D eigenvalue weighted by Crippen LogP contribution is -2.16. The van der Waals surface area contributed by atoms with Gasteiger partial charge < -0.3 is 4.90 Å². The van der Waals surface area contributed by atoms with Crippen LogP contribution in [0.5, 0.6) is 0 Å². The van der Waals surface area contributed by atoms with Gasteiger partial charge in [0.25, 0.3) is 6.20 Å². The minimum Gasteiger partial charge on any atom is -0.360 e. The number of hydrogen-bond donors (Lipinski definition) is 0. The fourth-order valence-corrected chi connectivity index (χ4v) is 1.81. The maximum atomic E-state index is 10.4. The lowest BCUT2D eigenvalue weighted by molar-refractivity contribution is -0.403. The molecular formula is C10H13N3O2S. The quantitative estimate of drug-likeness (QED) is 0.580. The van der Waals surface area contributed by atoms with Gasteiger partial charge in [-0.1, -0.05) is 6.07 Å². The van der Waals surface area contributed by atoms with Crippen molar-refractivity contribution in [2.75, 3.05) is 13.3 Å². The van der Waals surface area contributed by atoms with Gasteiger partial charge in [-0.25, -0.2) is 0 Å². The van der Waals surface area contributed by atoms with Crippen LogP contribution in [0.25, 0.3) is 0 Å². The first kappa shape index (κ1) is 12.5. The Balaban J connectivity index is 2.70. The summed E-state index contributed by atoms with van der Waals surface area (Å²) >= 11 is 1.35. The second-order valence-corrected chi connectivity index (χ2v) is 4.00. The van der Waals surface area contributed by atoms with Gasteiger partial charge in [-0.3, -0.25) is 15.1 Å². The SMILES string of the molecule is CS/C(=C/[N+](=O)[O-])N(C)Cc1cccnc1. The molecule has 1 aromatic heterocycles. The van der Waals surface area contributed by atoms with E-state index in [4.69, 9.17) is 0 Å². The molecule has 0 atom stereocenters. The zero-order valence-corrected chi connectivity index (χ0v) is 9.98. The molecule has 86 valence electrons. The molecular weight excluding hydrogens is 226 g/mol. The van der Waals surface area contributed by atoms with Crippen molar-refractivity contribution in [3.63, 3.8) is 0 Å². The second-order valence-electron chi connectivity index (χ2n) is 3.17. The Labute approximate surface area is 98.3 Å². The Morgan fingerprint density at radius 1 is 1.75 bits per heavy atom. The normalized spacial score (nSPS) is 11.2. The lowest BCUT2D eigenvalue weighted by atomic mass is 10.3. The molecule has 0 spiro atoms. The van der Waals surface area contributed by atoms with E-state index in [9.17, 15) is 10.1 Å². The molecule has 0 aliphatic carbocycles. The Morgan fingerprint density at radius 2 is 2.50 bits per heavy atom. The van der Waals surface area contributed by atoms with E-state index in [1.807, 2.05) is 30.3 Å². The molecule has 1 aromatic rings. The van der Waals surface area contributed by atoms with Gasteiger partial charge in [0.15, 0.2) is 0 Å². The summed E-state index contributed by atoms with van der Waals surface area (Å²) in [5.74, 6) is 0. The zero-order chi connectivity index (χ0) is 12.0. The number of thioether (sulfide) groups is 1. The molecule has 0 saturated heterocycles. The van der Waals surface area contributed by atoms with Crippen LogP contribution in [0.15, 0.2) is 35.8 Å². The van der Waals surface area contributed by atoms with Crippen molar-refractivity contribution in [1.82, 2.24) is 9.88 Å². The number of nitro groups is 1. The zero-order valence-electron chi connectivity index (χ0n) is 9.16. The van der Waals surface area contributed by atoms with Crippen LogP contribution in [-0.4, -0.2) is 28.1 Å². The van der Waals surface area contributed by atoms with Gasteiger partial charge in [0.1, 0.15) is 5.03 Å². The highest BCUT2D eigenvalue weighted by Gasteiger charge is 2.08. The average molecular weight is 239 g/mol. The van der Waals surface area contributed by atoms with Crippen molar-refractivity contribution >= 4 is 11.8 Å². The highest BCUT2D eigenvalue weighted by atomic mass is 32.2. The smallest absolute Gasteiger partial charge is 0.264 e. The summed E-state index contributed by atoms with van der Waals surface area (Å²) in [5, 5.41) is 11.0. The van der Waals surface area contributed by atoms with Crippen molar-refractivity contribution < 1.29 is 4.92 Å². The van der Waals surface area contributed by atoms with Gasteiger partial charge in [0.05, 0.1) is 4.92 Å². The van der Waals surface area contributed by atoms with Gasteiger partial charge in [-0.05, 0) is 17.9 Å². The summed E-state index contributed by atoms with van der Waals surface area (Å²) in [6, 6.07) is 3.78. The van der Waals surface area contributed by atoms with E-state index in [-0.39, 0.29) is 0 Å². The van der Waals surface area contributed by atoms with Crippen LogP contribution in [0.2, 0.25) is 0 Å². The molecule has 5 nitrogen and oxygen atoms in total. The summed E-state index contributed by atoms with van der Waals surface area (Å²) in [6.07, 6.45) is 6.28. The predicted octanol–water partition coefficient (Wildman–Crippen LogP) is 1.95. The van der Waals surface area contributed by atoms with E-state index >= 15 is 0 Å². The first-order chi connectivity index (χ1) is 7.63. The van der Waals surface area contributed by atoms with Crippen LogP contribution in [0, 0.1) is 10.1 Å². The minimum atomic E-state index is -0.439. The largest absolute Gasteiger partial charge is 0.360 e. The van der Waals surface area contributed by atoms with Gasteiger partial charge in [-0.2, -0.15) is 0 Å². The molecule has 0 aromatic carbocycles. The third kappa shape index (κ3) is 3.90. The molecule has 0 aliphatic heterocycles. The topological polar surface area (TPSA) is 59.3 Å². The summed E-state index contributed by atoms with van der Waals surface area (Å²) in [5.41, 5.74) is 1.02. The number of nitrogens with zero attached hydrogens (tertiary/aromatic N) is 3. The minimum absolute atomic E-state index is 0.439. The molecule has 0 fully saturated rings. The Kier molecular flexibility index (Phi) is 4.78. The second kappa shape index (κ2) is 6.12. The predicted molar refractivity (Wildman–Crippen MR) is 64.3 cm³/mol. The van der Waals surface area contributed by atoms with Gasteiger partial charge in [0, 0.05) is 26.0 Å². The van der Waals surface area contributed by atoms with E-state index in [1.165, 1.54) is 11.8 Å². The van der Waals surface area contributed by atoms with Crippen LogP contribution >= 0.6 is 11.8 Å². The first-order valence-corrected chi connectivity index (χ1v) is 5.85. The van der Waals surface area contributed by atoms with Crippen molar-refractivity contribution in [3.05, 3.63) is 51.4 Å². The summed E-state index contributed by atoms with van der Waals surface area (Å²) in [4.78, 5) is 15.8. The van der Waals surface area contributed by atoms with E-state index < -0.39 is 4.92 Å². The molecule has 0 amide bonds. The number of pyridine rings is 1. The number of hydrogen-bond acceptors (Lipinski definition) is 5. The number of rotatable bonds is 5. The third-order valence-electron chi connectivity index (χ3n) is 1.94. The molecule has 1 heterocycles. The van der Waals surface area contributed by atoms with Crippen molar-refractivity contribution in [1.29, 1.82) is 0 Å². The third-order valence-corrected chi connectivity index (χ3v) is 2.78. The number of aromatic nitrogens is 1. The van der Waals surface area contributed by atoms with E-state index in [2.05, 4.69) is 4.98 Å². The van der Waals surface area contributed by atoms with Crippen LogP contribution in [0.1, 0.15) is 5.56 Å². The molecule has 0 unspecified atom stereocenters. The molecule has 0 aliphatic rings. The molecule has 0 radical (unpaired) electrons. The van der Waals surface area contributed by atoms with E-state index in [0.29, 0.717) is 11.6 Å². The molecule has 1 rings (SSSR count). The molecule has 0 saturated carbocycles. The molecule has 6 heteroatoms. The lowest BCUT2D eigenvalue weighted by Gasteiger charge is -2.18. The van der Waals surface area contributed by atoms with Crippen LogP contribution < -0.4 is 0 Å². The van der Waals surface area contributed by atoms with Crippen LogP contribution in [-0.2, 0) is 6.54 Å². The first-order valence-electron chi connectivity index (χ1n) is 4.63. The fourth-order valence-electron chi connectivity index (χ4n) is 1.24. The molecule has 0 N–H and O–H groups in total. The van der Waals surface area contributed by atoms with E-state index in [0.717, 1.165) is 11.8 Å². The fraction of sp³-hybridized carbons (Fsp3) is 0.300. The average Bonchev–Trinajstić information content (AvgIpc) is 2.26. The van der Waals surface area contributed by atoms with Crippen LogP contribution in [0.4, 0.5) is 0 Å². The maximum absolute atomic E-state index is 10.4. The Bertz CT molecular complexity index is 381. The maximum Gasteiger partial charge on any atom is 0.264 e.